The number of benzene rings is 1. The normalized spacial score (nSPS) is 12.6. The Balaban J connectivity index is 2.59. The molecule has 0 aliphatic heterocycles. The van der Waals surface area contributed by atoms with Crippen LogP contribution in [-0.4, -0.2) is 24.0 Å². The van der Waals surface area contributed by atoms with E-state index >= 15 is 0 Å². The summed E-state index contributed by atoms with van der Waals surface area (Å²) in [6, 6.07) is 5.15. The van der Waals surface area contributed by atoms with Crippen molar-refractivity contribution in [3.8, 4) is 0 Å². The summed E-state index contributed by atoms with van der Waals surface area (Å²) in [6.45, 7) is 5.19. The van der Waals surface area contributed by atoms with E-state index in [1.165, 1.54) is 12.1 Å². The van der Waals surface area contributed by atoms with E-state index in [-0.39, 0.29) is 12.2 Å². The number of aldehydes is 1. The van der Waals surface area contributed by atoms with Crippen molar-refractivity contribution in [2.75, 3.05) is 0 Å². The van der Waals surface area contributed by atoms with Crippen LogP contribution in [0.25, 0.3) is 0 Å². The lowest BCUT2D eigenvalue weighted by molar-refractivity contribution is -0.109. The number of hydrogen-bond acceptors (Lipinski definition) is 3. The zero-order valence-corrected chi connectivity index (χ0v) is 11.3. The Hall–Kier alpha value is -1.91. The predicted molar refractivity (Wildman–Crippen MR) is 69.3 cm³/mol. The number of ether oxygens (including phenoxy) is 1. The molecule has 1 N–H and O–H groups in total. The first kappa shape index (κ1) is 15.1. The highest BCUT2D eigenvalue weighted by atomic mass is 19.1. The molecule has 5 heteroatoms. The highest BCUT2D eigenvalue weighted by molar-refractivity contribution is 5.73. The number of rotatable bonds is 4. The maximum absolute atomic E-state index is 13.0. The zero-order chi connectivity index (χ0) is 14.5. The molecular formula is C14H18FNO3. The lowest BCUT2D eigenvalue weighted by Gasteiger charge is -2.21. The Bertz CT molecular complexity index is 454. The van der Waals surface area contributed by atoms with Crippen LogP contribution in [0.1, 0.15) is 26.3 Å². The number of amides is 1. The SMILES string of the molecule is CC(C)(C)OC(=O)N[C@H](C=O)Cc1cccc(F)c1. The summed E-state index contributed by atoms with van der Waals surface area (Å²) < 4.78 is 18.1. The molecule has 1 atom stereocenters. The van der Waals surface area contributed by atoms with Crippen LogP contribution in [0.15, 0.2) is 24.3 Å². The summed E-state index contributed by atoms with van der Waals surface area (Å²) in [4.78, 5) is 22.5. The largest absolute Gasteiger partial charge is 0.444 e. The minimum absolute atomic E-state index is 0.223. The molecule has 0 bridgehead atoms. The van der Waals surface area contributed by atoms with Gasteiger partial charge in [-0.15, -0.1) is 0 Å². The summed E-state index contributed by atoms with van der Waals surface area (Å²) in [5, 5.41) is 2.44. The van der Waals surface area contributed by atoms with Crippen molar-refractivity contribution in [2.24, 2.45) is 0 Å². The van der Waals surface area contributed by atoms with Gasteiger partial charge in [0.05, 0.1) is 6.04 Å². The van der Waals surface area contributed by atoms with E-state index < -0.39 is 17.7 Å². The number of hydrogen-bond donors (Lipinski definition) is 1. The molecule has 0 heterocycles. The second-order valence-corrected chi connectivity index (χ2v) is 5.22. The fourth-order valence-electron chi connectivity index (χ4n) is 1.51. The van der Waals surface area contributed by atoms with Gasteiger partial charge in [-0.3, -0.25) is 0 Å². The van der Waals surface area contributed by atoms with Gasteiger partial charge in [0.15, 0.2) is 0 Å². The van der Waals surface area contributed by atoms with E-state index in [4.69, 9.17) is 4.74 Å². The van der Waals surface area contributed by atoms with Crippen LogP contribution in [-0.2, 0) is 16.0 Å². The molecule has 0 saturated heterocycles. The van der Waals surface area contributed by atoms with Gasteiger partial charge >= 0.3 is 6.09 Å². The summed E-state index contributed by atoms with van der Waals surface area (Å²) >= 11 is 0. The Morgan fingerprint density at radius 2 is 2.16 bits per heavy atom. The number of alkyl carbamates (subject to hydrolysis) is 1. The first-order valence-electron chi connectivity index (χ1n) is 5.99. The molecule has 1 aromatic carbocycles. The van der Waals surface area contributed by atoms with Gasteiger partial charge in [-0.05, 0) is 44.9 Å². The van der Waals surface area contributed by atoms with Crippen LogP contribution in [0.3, 0.4) is 0 Å². The summed E-state index contributed by atoms with van der Waals surface area (Å²) in [6.07, 6.45) is 0.163. The van der Waals surface area contributed by atoms with Gasteiger partial charge in [0.25, 0.3) is 0 Å². The molecule has 0 spiro atoms. The van der Waals surface area contributed by atoms with Crippen molar-refractivity contribution < 1.29 is 18.7 Å². The van der Waals surface area contributed by atoms with E-state index in [2.05, 4.69) is 5.32 Å². The van der Waals surface area contributed by atoms with Crippen LogP contribution in [0.5, 0.6) is 0 Å². The molecule has 0 aliphatic carbocycles. The minimum atomic E-state index is -0.739. The number of halogens is 1. The second kappa shape index (κ2) is 6.31. The number of carbonyl (C=O) groups excluding carboxylic acids is 2. The predicted octanol–water partition coefficient (Wildman–Crippen LogP) is 2.46. The van der Waals surface area contributed by atoms with Crippen LogP contribution in [0.2, 0.25) is 0 Å². The molecule has 104 valence electrons. The lowest BCUT2D eigenvalue weighted by Crippen LogP contribution is -2.41. The number of carbonyl (C=O) groups is 2. The Kier molecular flexibility index (Phi) is 5.03. The molecule has 0 saturated carbocycles. The molecule has 4 nitrogen and oxygen atoms in total. The third-order valence-corrected chi connectivity index (χ3v) is 2.21. The smallest absolute Gasteiger partial charge is 0.408 e. The first-order valence-corrected chi connectivity index (χ1v) is 5.99. The van der Waals surface area contributed by atoms with Crippen LogP contribution in [0, 0.1) is 5.82 Å². The van der Waals surface area contributed by atoms with Gasteiger partial charge < -0.3 is 14.8 Å². The highest BCUT2D eigenvalue weighted by Gasteiger charge is 2.19. The van der Waals surface area contributed by atoms with E-state index in [0.29, 0.717) is 11.8 Å². The minimum Gasteiger partial charge on any atom is -0.444 e. The Morgan fingerprint density at radius 1 is 1.47 bits per heavy atom. The van der Waals surface area contributed by atoms with Crippen LogP contribution >= 0.6 is 0 Å². The molecule has 0 radical (unpaired) electrons. The molecular weight excluding hydrogens is 249 g/mol. The highest BCUT2D eigenvalue weighted by Crippen LogP contribution is 2.08. The van der Waals surface area contributed by atoms with E-state index in [1.807, 2.05) is 0 Å². The van der Waals surface area contributed by atoms with E-state index in [9.17, 15) is 14.0 Å². The molecule has 19 heavy (non-hydrogen) atoms. The average molecular weight is 267 g/mol. The standard InChI is InChI=1S/C14H18FNO3/c1-14(2,3)19-13(18)16-12(9-17)8-10-5-4-6-11(15)7-10/h4-7,9,12H,8H2,1-3H3,(H,16,18)/t12-/m0/s1. The van der Waals surface area contributed by atoms with Crippen molar-refractivity contribution in [1.82, 2.24) is 5.32 Å². The third-order valence-electron chi connectivity index (χ3n) is 2.21. The average Bonchev–Trinajstić information content (AvgIpc) is 2.25. The Morgan fingerprint density at radius 3 is 2.68 bits per heavy atom. The molecule has 0 unspecified atom stereocenters. The zero-order valence-electron chi connectivity index (χ0n) is 11.3. The first-order chi connectivity index (χ1) is 8.80. The fourth-order valence-corrected chi connectivity index (χ4v) is 1.51. The molecule has 1 amide bonds. The Labute approximate surface area is 112 Å². The lowest BCUT2D eigenvalue weighted by atomic mass is 10.1. The second-order valence-electron chi connectivity index (χ2n) is 5.22. The van der Waals surface area contributed by atoms with Gasteiger partial charge in [-0.25, -0.2) is 9.18 Å². The molecule has 1 rings (SSSR count). The quantitative estimate of drug-likeness (QED) is 0.852. The van der Waals surface area contributed by atoms with Crippen molar-refractivity contribution in [1.29, 1.82) is 0 Å². The summed E-state index contributed by atoms with van der Waals surface area (Å²) in [7, 11) is 0. The maximum atomic E-state index is 13.0. The van der Waals surface area contributed by atoms with Gasteiger partial charge in [-0.1, -0.05) is 12.1 Å². The van der Waals surface area contributed by atoms with Gasteiger partial charge in [-0.2, -0.15) is 0 Å². The van der Waals surface area contributed by atoms with Gasteiger partial charge in [0.2, 0.25) is 0 Å². The molecule has 0 aromatic heterocycles. The van der Waals surface area contributed by atoms with E-state index in [1.54, 1.807) is 32.9 Å². The topological polar surface area (TPSA) is 55.4 Å². The van der Waals surface area contributed by atoms with Crippen molar-refractivity contribution >= 4 is 12.4 Å². The maximum Gasteiger partial charge on any atom is 0.408 e. The van der Waals surface area contributed by atoms with E-state index in [0.717, 1.165) is 0 Å². The number of nitrogens with one attached hydrogen (secondary N) is 1. The van der Waals surface area contributed by atoms with Crippen LogP contribution in [0.4, 0.5) is 9.18 Å². The van der Waals surface area contributed by atoms with Crippen LogP contribution < -0.4 is 5.32 Å². The van der Waals surface area contributed by atoms with Crippen molar-refractivity contribution in [3.05, 3.63) is 35.6 Å². The summed E-state index contributed by atoms with van der Waals surface area (Å²) in [5.74, 6) is -0.376. The molecule has 0 fully saturated rings. The fraction of sp³-hybridized carbons (Fsp3) is 0.429. The van der Waals surface area contributed by atoms with Crippen molar-refractivity contribution in [2.45, 2.75) is 38.8 Å². The van der Waals surface area contributed by atoms with Gasteiger partial charge in [0.1, 0.15) is 17.7 Å². The van der Waals surface area contributed by atoms with Gasteiger partial charge in [0, 0.05) is 0 Å². The molecule has 1 aromatic rings. The molecule has 0 aliphatic rings. The summed E-state index contributed by atoms with van der Waals surface area (Å²) in [5.41, 5.74) is 0.00396. The van der Waals surface area contributed by atoms with Crippen molar-refractivity contribution in [3.63, 3.8) is 0 Å². The third kappa shape index (κ3) is 5.99. The monoisotopic (exact) mass is 267 g/mol.